The van der Waals surface area contributed by atoms with Crippen LogP contribution in [-0.2, 0) is 0 Å². The highest BCUT2D eigenvalue weighted by Crippen LogP contribution is 2.29. The Labute approximate surface area is 94.6 Å². The highest BCUT2D eigenvalue weighted by atomic mass is 79.9. The van der Waals surface area contributed by atoms with Crippen LogP contribution in [-0.4, -0.2) is 6.18 Å². The van der Waals surface area contributed by atoms with Gasteiger partial charge >= 0.3 is 6.18 Å². The third-order valence-electron chi connectivity index (χ3n) is 2.04. The van der Waals surface area contributed by atoms with E-state index in [1.807, 2.05) is 0 Å². The van der Waals surface area contributed by atoms with Crippen LogP contribution in [0, 0.1) is 0 Å². The summed E-state index contributed by atoms with van der Waals surface area (Å²) in [5.41, 5.74) is 6.38. The standard InChI is InChI=1S/C10H11BrF3N/c11-8-4-2-1-3-7(8)9(15)5-6-10(12,13)14/h1-4,9H,5-6,15H2/t9-/m0/s1. The summed E-state index contributed by atoms with van der Waals surface area (Å²) in [6.45, 7) is 0. The summed E-state index contributed by atoms with van der Waals surface area (Å²) in [5, 5.41) is 0. The van der Waals surface area contributed by atoms with Crippen LogP contribution in [0.5, 0.6) is 0 Å². The maximum atomic E-state index is 12.0. The van der Waals surface area contributed by atoms with Crippen molar-refractivity contribution in [2.24, 2.45) is 5.73 Å². The Kier molecular flexibility index (Phi) is 4.16. The molecule has 0 aliphatic heterocycles. The average molecular weight is 282 g/mol. The first-order chi connectivity index (χ1) is 6.90. The van der Waals surface area contributed by atoms with Crippen molar-refractivity contribution in [2.75, 3.05) is 0 Å². The predicted molar refractivity (Wildman–Crippen MR) is 56.4 cm³/mol. The Morgan fingerprint density at radius 1 is 1.27 bits per heavy atom. The number of hydrogen-bond donors (Lipinski definition) is 1. The van der Waals surface area contributed by atoms with Crippen LogP contribution in [0.25, 0.3) is 0 Å². The van der Waals surface area contributed by atoms with Gasteiger partial charge in [0.15, 0.2) is 0 Å². The molecular formula is C10H11BrF3N. The molecule has 0 saturated carbocycles. The van der Waals surface area contributed by atoms with E-state index in [0.29, 0.717) is 5.56 Å². The summed E-state index contributed by atoms with van der Waals surface area (Å²) in [4.78, 5) is 0. The topological polar surface area (TPSA) is 26.0 Å². The van der Waals surface area contributed by atoms with Gasteiger partial charge in [0, 0.05) is 16.9 Å². The molecule has 0 bridgehead atoms. The summed E-state index contributed by atoms with van der Waals surface area (Å²) in [6.07, 6.45) is -5.08. The fourth-order valence-electron chi connectivity index (χ4n) is 1.25. The molecule has 15 heavy (non-hydrogen) atoms. The molecule has 1 nitrogen and oxygen atoms in total. The van der Waals surface area contributed by atoms with Crippen molar-refractivity contribution >= 4 is 15.9 Å². The molecule has 0 aliphatic rings. The highest BCUT2D eigenvalue weighted by Gasteiger charge is 2.28. The van der Waals surface area contributed by atoms with Crippen LogP contribution in [0.15, 0.2) is 28.7 Å². The zero-order valence-electron chi connectivity index (χ0n) is 7.89. The summed E-state index contributed by atoms with van der Waals surface area (Å²) in [6, 6.07) is 6.47. The van der Waals surface area contributed by atoms with E-state index in [0.717, 1.165) is 4.47 Å². The molecule has 1 atom stereocenters. The minimum Gasteiger partial charge on any atom is -0.324 e. The van der Waals surface area contributed by atoms with Crippen LogP contribution in [0.2, 0.25) is 0 Å². The van der Waals surface area contributed by atoms with Crippen molar-refractivity contribution in [3.63, 3.8) is 0 Å². The van der Waals surface area contributed by atoms with E-state index in [4.69, 9.17) is 5.73 Å². The van der Waals surface area contributed by atoms with E-state index in [1.165, 1.54) is 0 Å². The summed E-state index contributed by atoms with van der Waals surface area (Å²) >= 11 is 3.26. The molecule has 0 spiro atoms. The molecule has 0 unspecified atom stereocenters. The quantitative estimate of drug-likeness (QED) is 0.896. The van der Waals surface area contributed by atoms with Gasteiger partial charge in [-0.3, -0.25) is 0 Å². The van der Waals surface area contributed by atoms with Crippen LogP contribution in [0.3, 0.4) is 0 Å². The van der Waals surface area contributed by atoms with Crippen molar-refractivity contribution in [3.05, 3.63) is 34.3 Å². The molecule has 0 heterocycles. The molecular weight excluding hydrogens is 271 g/mol. The van der Waals surface area contributed by atoms with E-state index < -0.39 is 18.6 Å². The minimum absolute atomic E-state index is 0.0912. The van der Waals surface area contributed by atoms with Crippen molar-refractivity contribution in [3.8, 4) is 0 Å². The lowest BCUT2D eigenvalue weighted by Crippen LogP contribution is -2.16. The van der Waals surface area contributed by atoms with Crippen LogP contribution in [0.4, 0.5) is 13.2 Å². The summed E-state index contributed by atoms with van der Waals surface area (Å²) in [5.74, 6) is 0. The number of alkyl halides is 3. The molecule has 0 amide bonds. The van der Waals surface area contributed by atoms with Crippen LogP contribution >= 0.6 is 15.9 Å². The van der Waals surface area contributed by atoms with Gasteiger partial charge in [0.1, 0.15) is 0 Å². The first-order valence-corrected chi connectivity index (χ1v) is 5.26. The van der Waals surface area contributed by atoms with Crippen molar-refractivity contribution < 1.29 is 13.2 Å². The van der Waals surface area contributed by atoms with Gasteiger partial charge in [0.05, 0.1) is 0 Å². The maximum absolute atomic E-state index is 12.0. The Balaban J connectivity index is 2.62. The van der Waals surface area contributed by atoms with Gasteiger partial charge in [-0.05, 0) is 18.1 Å². The van der Waals surface area contributed by atoms with E-state index in [1.54, 1.807) is 24.3 Å². The summed E-state index contributed by atoms with van der Waals surface area (Å²) in [7, 11) is 0. The van der Waals surface area contributed by atoms with E-state index in [9.17, 15) is 13.2 Å². The molecule has 0 aromatic heterocycles. The first-order valence-electron chi connectivity index (χ1n) is 4.47. The third-order valence-corrected chi connectivity index (χ3v) is 2.77. The fraction of sp³-hybridized carbons (Fsp3) is 0.400. The van der Waals surface area contributed by atoms with E-state index in [2.05, 4.69) is 15.9 Å². The predicted octanol–water partition coefficient (Wildman–Crippen LogP) is 3.79. The Morgan fingerprint density at radius 2 is 1.87 bits per heavy atom. The van der Waals surface area contributed by atoms with Crippen molar-refractivity contribution in [1.82, 2.24) is 0 Å². The van der Waals surface area contributed by atoms with Crippen molar-refractivity contribution in [1.29, 1.82) is 0 Å². The molecule has 0 radical (unpaired) electrons. The molecule has 1 rings (SSSR count). The van der Waals surface area contributed by atoms with Gasteiger partial charge in [0.2, 0.25) is 0 Å². The van der Waals surface area contributed by atoms with Gasteiger partial charge in [-0.1, -0.05) is 34.1 Å². The van der Waals surface area contributed by atoms with E-state index in [-0.39, 0.29) is 6.42 Å². The SMILES string of the molecule is N[C@@H](CCC(F)(F)F)c1ccccc1Br. The number of hydrogen-bond acceptors (Lipinski definition) is 1. The van der Waals surface area contributed by atoms with Gasteiger partial charge < -0.3 is 5.73 Å². The second-order valence-corrected chi connectivity index (χ2v) is 4.14. The molecule has 84 valence electrons. The number of halogens is 4. The van der Waals surface area contributed by atoms with Crippen LogP contribution < -0.4 is 5.73 Å². The average Bonchev–Trinajstić information content (AvgIpc) is 2.14. The summed E-state index contributed by atoms with van der Waals surface area (Å²) < 4.78 is 36.6. The van der Waals surface area contributed by atoms with E-state index >= 15 is 0 Å². The van der Waals surface area contributed by atoms with Crippen molar-refractivity contribution in [2.45, 2.75) is 25.1 Å². The molecule has 1 aromatic carbocycles. The molecule has 1 aromatic rings. The van der Waals surface area contributed by atoms with Gasteiger partial charge in [-0.25, -0.2) is 0 Å². The Hall–Kier alpha value is -0.550. The highest BCUT2D eigenvalue weighted by molar-refractivity contribution is 9.10. The molecule has 2 N–H and O–H groups in total. The number of rotatable bonds is 3. The van der Waals surface area contributed by atoms with Gasteiger partial charge in [0.25, 0.3) is 0 Å². The lowest BCUT2D eigenvalue weighted by molar-refractivity contribution is -0.136. The smallest absolute Gasteiger partial charge is 0.324 e. The Morgan fingerprint density at radius 3 is 2.40 bits per heavy atom. The Bertz CT molecular complexity index is 325. The molecule has 0 saturated heterocycles. The number of benzene rings is 1. The third kappa shape index (κ3) is 4.22. The monoisotopic (exact) mass is 281 g/mol. The zero-order valence-corrected chi connectivity index (χ0v) is 9.48. The molecule has 0 aliphatic carbocycles. The zero-order chi connectivity index (χ0) is 11.5. The number of nitrogens with two attached hydrogens (primary N) is 1. The molecule has 0 fully saturated rings. The fourth-order valence-corrected chi connectivity index (χ4v) is 1.83. The lowest BCUT2D eigenvalue weighted by atomic mass is 10.0. The molecule has 5 heteroatoms. The maximum Gasteiger partial charge on any atom is 0.389 e. The second kappa shape index (κ2) is 4.99. The lowest BCUT2D eigenvalue weighted by Gasteiger charge is -2.14. The largest absolute Gasteiger partial charge is 0.389 e. The second-order valence-electron chi connectivity index (χ2n) is 3.28. The van der Waals surface area contributed by atoms with Gasteiger partial charge in [-0.15, -0.1) is 0 Å². The first kappa shape index (κ1) is 12.5. The normalized spacial score (nSPS) is 13.9. The minimum atomic E-state index is -4.14. The van der Waals surface area contributed by atoms with Gasteiger partial charge in [-0.2, -0.15) is 13.2 Å². The van der Waals surface area contributed by atoms with Crippen LogP contribution in [0.1, 0.15) is 24.4 Å².